The van der Waals surface area contributed by atoms with Gasteiger partial charge in [-0.05, 0) is 18.9 Å². The van der Waals surface area contributed by atoms with Crippen LogP contribution in [-0.2, 0) is 9.59 Å². The Bertz CT molecular complexity index is 569. The first kappa shape index (κ1) is 13.0. The summed E-state index contributed by atoms with van der Waals surface area (Å²) in [4.78, 5) is 34.4. The van der Waals surface area contributed by atoms with E-state index in [1.165, 1.54) is 17.0 Å². The Hall–Kier alpha value is -2.44. The van der Waals surface area contributed by atoms with E-state index in [0.717, 1.165) is 0 Å². The van der Waals surface area contributed by atoms with Crippen molar-refractivity contribution in [3.8, 4) is 0 Å². The summed E-state index contributed by atoms with van der Waals surface area (Å²) in [5.74, 6) is -2.73. The van der Waals surface area contributed by atoms with Gasteiger partial charge in [0.25, 0.3) is 5.69 Å². The molecule has 1 amide bonds. The maximum Gasteiger partial charge on any atom is 0.316 e. The number of non-ortho nitro benzene ring substituents is 1. The van der Waals surface area contributed by atoms with E-state index in [-0.39, 0.29) is 18.7 Å². The van der Waals surface area contributed by atoms with Gasteiger partial charge in [0.2, 0.25) is 5.91 Å². The van der Waals surface area contributed by atoms with E-state index < -0.39 is 22.7 Å². The molecule has 0 bridgehead atoms. The Balaban J connectivity index is 2.37. The number of hydrogen-bond acceptors (Lipinski definition) is 4. The second-order valence-corrected chi connectivity index (χ2v) is 4.40. The number of hydrogen-bond donors (Lipinski definition) is 1. The summed E-state index contributed by atoms with van der Waals surface area (Å²) < 4.78 is 0. The smallest absolute Gasteiger partial charge is 0.316 e. The van der Waals surface area contributed by atoms with E-state index in [1.54, 1.807) is 13.0 Å². The second-order valence-electron chi connectivity index (χ2n) is 4.40. The number of aliphatic carboxylic acids is 1. The predicted molar refractivity (Wildman–Crippen MR) is 65.9 cm³/mol. The molecule has 0 aliphatic carbocycles. The number of carboxylic acids is 1. The molecule has 0 spiro atoms. The minimum Gasteiger partial charge on any atom is -0.481 e. The Labute approximate surface area is 108 Å². The van der Waals surface area contributed by atoms with Crippen LogP contribution in [0.4, 0.5) is 11.4 Å². The van der Waals surface area contributed by atoms with Gasteiger partial charge in [0.05, 0.1) is 10.6 Å². The third-order valence-corrected chi connectivity index (χ3v) is 3.20. The highest BCUT2D eigenvalue weighted by molar-refractivity contribution is 6.08. The highest BCUT2D eigenvalue weighted by Gasteiger charge is 2.38. The van der Waals surface area contributed by atoms with Crippen molar-refractivity contribution in [1.29, 1.82) is 0 Å². The maximum absolute atomic E-state index is 12.0. The van der Waals surface area contributed by atoms with Gasteiger partial charge in [-0.1, -0.05) is 6.07 Å². The van der Waals surface area contributed by atoms with E-state index in [0.29, 0.717) is 11.3 Å². The van der Waals surface area contributed by atoms with Gasteiger partial charge in [-0.15, -0.1) is 0 Å². The van der Waals surface area contributed by atoms with Crippen LogP contribution in [0, 0.1) is 23.0 Å². The first-order valence-electron chi connectivity index (χ1n) is 5.71. The normalized spacial score (nSPS) is 18.7. The second kappa shape index (κ2) is 4.68. The van der Waals surface area contributed by atoms with E-state index in [4.69, 9.17) is 5.11 Å². The molecule has 1 fully saturated rings. The first-order valence-corrected chi connectivity index (χ1v) is 5.71. The predicted octanol–water partition coefficient (Wildman–Crippen LogP) is 1.34. The van der Waals surface area contributed by atoms with Gasteiger partial charge < -0.3 is 10.0 Å². The number of nitrogens with zero attached hydrogens (tertiary/aromatic N) is 2. The molecule has 1 aromatic rings. The lowest BCUT2D eigenvalue weighted by Crippen LogP contribution is -2.30. The number of carboxylic acid groups (broad SMARTS) is 1. The average molecular weight is 264 g/mol. The standard InChI is InChI=1S/C12H12N2O5/c1-7-2-3-8(14(18)19)6-10(7)13-5-4-9(11(13)15)12(16)17/h2-3,6,9H,4-5H2,1H3,(H,16,17). The summed E-state index contributed by atoms with van der Waals surface area (Å²) in [6.07, 6.45) is 0.219. The number of anilines is 1. The monoisotopic (exact) mass is 264 g/mol. The van der Waals surface area contributed by atoms with Crippen LogP contribution in [0.15, 0.2) is 18.2 Å². The minimum absolute atomic E-state index is 0.118. The van der Waals surface area contributed by atoms with Crippen molar-refractivity contribution in [3.63, 3.8) is 0 Å². The van der Waals surface area contributed by atoms with Crippen LogP contribution in [0.3, 0.4) is 0 Å². The van der Waals surface area contributed by atoms with Gasteiger partial charge in [-0.2, -0.15) is 0 Å². The molecule has 1 atom stereocenters. The highest BCUT2D eigenvalue weighted by atomic mass is 16.6. The molecule has 19 heavy (non-hydrogen) atoms. The topological polar surface area (TPSA) is 101 Å². The van der Waals surface area contributed by atoms with Crippen LogP contribution < -0.4 is 4.90 Å². The molecule has 1 saturated heterocycles. The summed E-state index contributed by atoms with van der Waals surface area (Å²) >= 11 is 0. The summed E-state index contributed by atoms with van der Waals surface area (Å²) in [6, 6.07) is 4.21. The molecule has 0 radical (unpaired) electrons. The third kappa shape index (κ3) is 2.26. The van der Waals surface area contributed by atoms with Crippen molar-refractivity contribution in [1.82, 2.24) is 0 Å². The van der Waals surface area contributed by atoms with Crippen molar-refractivity contribution in [2.45, 2.75) is 13.3 Å². The van der Waals surface area contributed by atoms with E-state index in [9.17, 15) is 19.7 Å². The fourth-order valence-corrected chi connectivity index (χ4v) is 2.15. The summed E-state index contributed by atoms with van der Waals surface area (Å²) in [6.45, 7) is 1.98. The molecule has 1 N–H and O–H groups in total. The molecule has 1 heterocycles. The zero-order chi connectivity index (χ0) is 14.2. The largest absolute Gasteiger partial charge is 0.481 e. The van der Waals surface area contributed by atoms with Crippen molar-refractivity contribution in [2.75, 3.05) is 11.4 Å². The van der Waals surface area contributed by atoms with Crippen molar-refractivity contribution in [3.05, 3.63) is 33.9 Å². The lowest BCUT2D eigenvalue weighted by atomic mass is 10.1. The van der Waals surface area contributed by atoms with Crippen LogP contribution >= 0.6 is 0 Å². The number of nitro groups is 1. The van der Waals surface area contributed by atoms with Crippen LogP contribution in [0.25, 0.3) is 0 Å². The van der Waals surface area contributed by atoms with Crippen molar-refractivity contribution < 1.29 is 19.6 Å². The SMILES string of the molecule is Cc1ccc([N+](=O)[O-])cc1N1CCC(C(=O)O)C1=O. The summed E-state index contributed by atoms with van der Waals surface area (Å²) in [5, 5.41) is 19.6. The Kier molecular flexibility index (Phi) is 3.20. The highest BCUT2D eigenvalue weighted by Crippen LogP contribution is 2.31. The Morgan fingerprint density at radius 1 is 1.53 bits per heavy atom. The Morgan fingerprint density at radius 2 is 2.21 bits per heavy atom. The van der Waals surface area contributed by atoms with E-state index in [2.05, 4.69) is 0 Å². The molecule has 7 heteroatoms. The number of aryl methyl sites for hydroxylation is 1. The molecule has 1 aliphatic rings. The number of carbonyl (C=O) groups is 2. The number of amides is 1. The van der Waals surface area contributed by atoms with Gasteiger partial charge in [-0.25, -0.2) is 0 Å². The fraction of sp³-hybridized carbons (Fsp3) is 0.333. The van der Waals surface area contributed by atoms with Gasteiger partial charge in [0.15, 0.2) is 0 Å². The number of carbonyl (C=O) groups excluding carboxylic acids is 1. The molecular formula is C12H12N2O5. The molecule has 7 nitrogen and oxygen atoms in total. The van der Waals surface area contributed by atoms with Crippen LogP contribution in [0.2, 0.25) is 0 Å². The lowest BCUT2D eigenvalue weighted by molar-refractivity contribution is -0.384. The van der Waals surface area contributed by atoms with E-state index in [1.807, 2.05) is 0 Å². The molecule has 1 aliphatic heterocycles. The summed E-state index contributed by atoms with van der Waals surface area (Å²) in [7, 11) is 0. The molecule has 100 valence electrons. The van der Waals surface area contributed by atoms with E-state index >= 15 is 0 Å². The number of nitro benzene ring substituents is 1. The minimum atomic E-state index is -1.16. The van der Waals surface area contributed by atoms with Crippen LogP contribution in [0.1, 0.15) is 12.0 Å². The zero-order valence-electron chi connectivity index (χ0n) is 10.2. The fourth-order valence-electron chi connectivity index (χ4n) is 2.15. The van der Waals surface area contributed by atoms with Gasteiger partial charge in [0, 0.05) is 18.7 Å². The molecule has 1 unspecified atom stereocenters. The Morgan fingerprint density at radius 3 is 2.74 bits per heavy atom. The van der Waals surface area contributed by atoms with Gasteiger partial charge in [0.1, 0.15) is 5.92 Å². The first-order chi connectivity index (χ1) is 8.91. The molecular weight excluding hydrogens is 252 g/mol. The maximum atomic E-state index is 12.0. The molecule has 1 aromatic carbocycles. The van der Waals surface area contributed by atoms with Gasteiger partial charge in [-0.3, -0.25) is 19.7 Å². The molecule has 0 aromatic heterocycles. The van der Waals surface area contributed by atoms with Crippen LogP contribution in [-0.4, -0.2) is 28.5 Å². The van der Waals surface area contributed by atoms with Crippen molar-refractivity contribution >= 4 is 23.3 Å². The number of rotatable bonds is 3. The molecule has 0 saturated carbocycles. The van der Waals surface area contributed by atoms with Crippen LogP contribution in [0.5, 0.6) is 0 Å². The lowest BCUT2D eigenvalue weighted by Gasteiger charge is -2.18. The molecule has 2 rings (SSSR count). The zero-order valence-corrected chi connectivity index (χ0v) is 10.2. The summed E-state index contributed by atoms with van der Waals surface area (Å²) in [5.41, 5.74) is 0.986. The quantitative estimate of drug-likeness (QED) is 0.504. The third-order valence-electron chi connectivity index (χ3n) is 3.20. The average Bonchev–Trinajstić information content (AvgIpc) is 2.71. The van der Waals surface area contributed by atoms with Gasteiger partial charge >= 0.3 is 5.97 Å². The number of benzene rings is 1. The van der Waals surface area contributed by atoms with Crippen molar-refractivity contribution in [2.24, 2.45) is 5.92 Å².